The lowest BCUT2D eigenvalue weighted by Crippen LogP contribution is -2.56. The van der Waals surface area contributed by atoms with E-state index in [0.29, 0.717) is 76.6 Å². The highest BCUT2D eigenvalue weighted by Gasteiger charge is 2.41. The molecule has 0 saturated carbocycles. The minimum absolute atomic E-state index is 0.0840. The summed E-state index contributed by atoms with van der Waals surface area (Å²) in [5, 5.41) is 2.00. The monoisotopic (exact) mass is 571 g/mol. The Kier molecular flexibility index (Phi) is 9.14. The Labute approximate surface area is 249 Å². The molecule has 0 spiro atoms. The molecule has 1 aromatic heterocycles. The van der Waals surface area contributed by atoms with Crippen molar-refractivity contribution < 1.29 is 19.1 Å². The van der Waals surface area contributed by atoms with E-state index in [1.165, 1.54) is 0 Å². The summed E-state index contributed by atoms with van der Waals surface area (Å²) >= 11 is 0. The van der Waals surface area contributed by atoms with Crippen molar-refractivity contribution in [3.63, 3.8) is 0 Å². The van der Waals surface area contributed by atoms with E-state index in [9.17, 15) is 9.59 Å². The van der Waals surface area contributed by atoms with Crippen molar-refractivity contribution in [3.8, 4) is 0 Å². The summed E-state index contributed by atoms with van der Waals surface area (Å²) in [4.78, 5) is 32.9. The van der Waals surface area contributed by atoms with Crippen LogP contribution in [0.5, 0.6) is 0 Å². The van der Waals surface area contributed by atoms with Gasteiger partial charge in [-0.15, -0.1) is 13.2 Å². The third-order valence-electron chi connectivity index (χ3n) is 9.32. The maximum Gasteiger partial charge on any atom is 0.183 e. The highest BCUT2D eigenvalue weighted by atomic mass is 16.5. The average Bonchev–Trinajstić information content (AvgIpc) is 3.33. The van der Waals surface area contributed by atoms with E-state index in [-0.39, 0.29) is 11.6 Å². The van der Waals surface area contributed by atoms with Crippen molar-refractivity contribution in [2.24, 2.45) is 0 Å². The number of carbonyl (C=O) groups is 2. The summed E-state index contributed by atoms with van der Waals surface area (Å²) in [7, 11) is 0. The van der Waals surface area contributed by atoms with Crippen molar-refractivity contribution in [1.29, 1.82) is 0 Å². The number of hydrogen-bond acceptors (Lipinski definition) is 6. The average molecular weight is 572 g/mol. The molecule has 7 nitrogen and oxygen atoms in total. The van der Waals surface area contributed by atoms with Gasteiger partial charge in [-0.1, -0.05) is 19.1 Å². The number of aromatic nitrogens is 1. The van der Waals surface area contributed by atoms with Crippen LogP contribution in [0, 0.1) is 0 Å². The molecule has 2 saturated heterocycles. The van der Waals surface area contributed by atoms with Crippen molar-refractivity contribution in [2.75, 3.05) is 52.6 Å². The molecular weight excluding hydrogens is 526 g/mol. The van der Waals surface area contributed by atoms with E-state index in [2.05, 4.69) is 46.6 Å². The van der Waals surface area contributed by atoms with Crippen LogP contribution < -0.4 is 0 Å². The zero-order valence-electron chi connectivity index (χ0n) is 25.5. The SMILES string of the molecule is C=CCC(C)(C(=O)c1ccc2c(c1)c1cc(C(=O)C(C)(CC=C)N3CCOCC3)ccc1n2CCC)N1CCOCC1. The maximum absolute atomic E-state index is 14.2. The highest BCUT2D eigenvalue weighted by Crippen LogP contribution is 2.35. The summed E-state index contributed by atoms with van der Waals surface area (Å²) < 4.78 is 13.5. The summed E-state index contributed by atoms with van der Waals surface area (Å²) in [5.41, 5.74) is 2.10. The van der Waals surface area contributed by atoms with E-state index in [1.807, 2.05) is 50.3 Å². The van der Waals surface area contributed by atoms with E-state index in [1.54, 1.807) is 0 Å². The predicted molar refractivity (Wildman–Crippen MR) is 170 cm³/mol. The number of rotatable bonds is 12. The molecule has 2 unspecified atom stereocenters. The topological polar surface area (TPSA) is 64.0 Å². The number of ketones is 2. The maximum atomic E-state index is 14.2. The number of benzene rings is 2. The summed E-state index contributed by atoms with van der Waals surface area (Å²) in [5.74, 6) is 0.168. The van der Waals surface area contributed by atoms with Gasteiger partial charge in [-0.2, -0.15) is 0 Å². The van der Waals surface area contributed by atoms with Crippen molar-refractivity contribution in [1.82, 2.24) is 14.4 Å². The quantitative estimate of drug-likeness (QED) is 0.199. The Hall–Kier alpha value is -3.10. The van der Waals surface area contributed by atoms with Gasteiger partial charge in [0, 0.05) is 65.7 Å². The molecule has 224 valence electrons. The zero-order chi connectivity index (χ0) is 29.9. The molecule has 3 heterocycles. The molecule has 2 aliphatic heterocycles. The van der Waals surface area contributed by atoms with Crippen LogP contribution in [0.25, 0.3) is 21.8 Å². The van der Waals surface area contributed by atoms with Crippen LogP contribution in [0.4, 0.5) is 0 Å². The van der Waals surface area contributed by atoms with E-state index < -0.39 is 11.1 Å². The summed E-state index contributed by atoms with van der Waals surface area (Å²) in [6, 6.07) is 12.1. The third kappa shape index (κ3) is 5.39. The molecule has 0 N–H and O–H groups in total. The number of hydrogen-bond donors (Lipinski definition) is 0. The second kappa shape index (κ2) is 12.6. The fraction of sp³-hybridized carbons (Fsp3) is 0.486. The van der Waals surface area contributed by atoms with Crippen LogP contribution in [0.2, 0.25) is 0 Å². The number of aryl methyl sites for hydroxylation is 1. The van der Waals surface area contributed by atoms with Crippen LogP contribution in [0.1, 0.15) is 60.7 Å². The largest absolute Gasteiger partial charge is 0.379 e. The first kappa shape index (κ1) is 30.4. The first-order valence-corrected chi connectivity index (χ1v) is 15.3. The zero-order valence-corrected chi connectivity index (χ0v) is 25.5. The molecule has 42 heavy (non-hydrogen) atoms. The molecule has 3 aromatic rings. The van der Waals surface area contributed by atoms with Crippen molar-refractivity contribution in [2.45, 2.75) is 57.7 Å². The standard InChI is InChI=1S/C35H45N3O4/c1-6-13-34(4,36-16-20-41-21-17-36)32(39)26-9-11-30-28(24-26)29-25-27(10-12-31(29)38(30)15-8-3)33(40)35(5,14-7-2)37-18-22-42-23-19-37/h6-7,9-12,24-25H,1-2,8,13-23H2,3-5H3. The molecule has 0 bridgehead atoms. The lowest BCUT2D eigenvalue weighted by molar-refractivity contribution is -0.00885. The van der Waals surface area contributed by atoms with E-state index in [4.69, 9.17) is 9.47 Å². The van der Waals surface area contributed by atoms with Crippen LogP contribution in [-0.2, 0) is 16.0 Å². The van der Waals surface area contributed by atoms with Gasteiger partial charge in [0.15, 0.2) is 11.6 Å². The predicted octanol–water partition coefficient (Wildman–Crippen LogP) is 5.90. The van der Waals surface area contributed by atoms with Crippen LogP contribution in [0.3, 0.4) is 0 Å². The van der Waals surface area contributed by atoms with Gasteiger partial charge < -0.3 is 14.0 Å². The number of morpholine rings is 2. The van der Waals surface area contributed by atoms with Gasteiger partial charge in [-0.25, -0.2) is 0 Å². The lowest BCUT2D eigenvalue weighted by Gasteiger charge is -2.41. The van der Waals surface area contributed by atoms with Gasteiger partial charge in [-0.3, -0.25) is 19.4 Å². The molecule has 2 aromatic carbocycles. The highest BCUT2D eigenvalue weighted by molar-refractivity contribution is 6.15. The smallest absolute Gasteiger partial charge is 0.183 e. The Balaban J connectivity index is 1.61. The van der Waals surface area contributed by atoms with Gasteiger partial charge in [0.25, 0.3) is 0 Å². The summed E-state index contributed by atoms with van der Waals surface area (Å²) in [6.45, 7) is 20.3. The second-order valence-electron chi connectivity index (χ2n) is 12.0. The van der Waals surface area contributed by atoms with Gasteiger partial charge in [0.05, 0.1) is 37.5 Å². The Morgan fingerprint density at radius 1 is 0.762 bits per heavy atom. The normalized spacial score (nSPS) is 19.8. The Morgan fingerprint density at radius 3 is 1.52 bits per heavy atom. The fourth-order valence-electron chi connectivity index (χ4n) is 6.88. The summed E-state index contributed by atoms with van der Waals surface area (Å²) in [6.07, 6.45) is 5.77. The molecule has 0 radical (unpaired) electrons. The molecule has 2 fully saturated rings. The van der Waals surface area contributed by atoms with E-state index >= 15 is 0 Å². The number of fused-ring (bicyclic) bond motifs is 3. The number of ether oxygens (including phenoxy) is 2. The van der Waals surface area contributed by atoms with Gasteiger partial charge in [0.1, 0.15) is 0 Å². The minimum Gasteiger partial charge on any atom is -0.379 e. The van der Waals surface area contributed by atoms with Crippen LogP contribution >= 0.6 is 0 Å². The van der Waals surface area contributed by atoms with Gasteiger partial charge >= 0.3 is 0 Å². The van der Waals surface area contributed by atoms with E-state index in [0.717, 1.165) is 34.8 Å². The number of carbonyl (C=O) groups excluding carboxylic acids is 2. The Bertz CT molecular complexity index is 1370. The molecule has 2 atom stereocenters. The van der Waals surface area contributed by atoms with Crippen molar-refractivity contribution >= 4 is 33.4 Å². The first-order chi connectivity index (χ1) is 20.3. The van der Waals surface area contributed by atoms with Gasteiger partial charge in [-0.05, 0) is 69.5 Å². The second-order valence-corrected chi connectivity index (χ2v) is 12.0. The molecule has 2 aliphatic rings. The lowest BCUT2D eigenvalue weighted by atomic mass is 9.84. The van der Waals surface area contributed by atoms with Crippen molar-refractivity contribution in [3.05, 3.63) is 72.8 Å². The fourth-order valence-corrected chi connectivity index (χ4v) is 6.88. The third-order valence-corrected chi connectivity index (χ3v) is 9.32. The first-order valence-electron chi connectivity index (χ1n) is 15.3. The molecule has 5 rings (SSSR count). The minimum atomic E-state index is -0.702. The molecular formula is C35H45N3O4. The molecule has 0 amide bonds. The molecule has 7 heteroatoms. The van der Waals surface area contributed by atoms with Crippen LogP contribution in [0.15, 0.2) is 61.7 Å². The Morgan fingerprint density at radius 2 is 1.17 bits per heavy atom. The van der Waals surface area contributed by atoms with Gasteiger partial charge in [0.2, 0.25) is 0 Å². The molecule has 0 aliphatic carbocycles. The number of nitrogens with zero attached hydrogens (tertiary/aromatic N) is 3. The van der Waals surface area contributed by atoms with Crippen LogP contribution in [-0.4, -0.2) is 89.6 Å². The number of Topliss-reactive ketones (excluding diaryl/α,β-unsaturated/α-hetero) is 2.